The maximum atomic E-state index is 4.08. The van der Waals surface area contributed by atoms with Crippen LogP contribution in [0.5, 0.6) is 0 Å². The van der Waals surface area contributed by atoms with Gasteiger partial charge in [0, 0.05) is 0 Å². The lowest BCUT2D eigenvalue weighted by atomic mass is 10.1. The molecule has 1 heterocycles. The van der Waals surface area contributed by atoms with E-state index >= 15 is 0 Å². The zero-order valence-electron chi connectivity index (χ0n) is 9.64. The molecule has 0 aromatic carbocycles. The lowest BCUT2D eigenvalue weighted by Gasteiger charge is -2.15. The maximum Gasteiger partial charge on any atom is 0.168 e. The Balaban J connectivity index is 2.08. The minimum absolute atomic E-state index is 0.210. The van der Waals surface area contributed by atoms with Gasteiger partial charge in [0.25, 0.3) is 0 Å². The monoisotopic (exact) mass is 209 g/mol. The molecule has 1 aromatic heterocycles. The second-order valence-electron chi connectivity index (χ2n) is 4.52. The molecule has 0 radical (unpaired) electrons. The lowest BCUT2D eigenvalue weighted by Crippen LogP contribution is -2.20. The minimum Gasteiger partial charge on any atom is -0.311 e. The highest BCUT2D eigenvalue weighted by Gasteiger charge is 2.26. The first kappa shape index (κ1) is 10.5. The van der Waals surface area contributed by atoms with Crippen molar-refractivity contribution in [1.29, 1.82) is 0 Å². The maximum absolute atomic E-state index is 4.08. The first-order valence-electron chi connectivity index (χ1n) is 5.67. The van der Waals surface area contributed by atoms with Crippen molar-refractivity contribution < 1.29 is 0 Å². The van der Waals surface area contributed by atoms with E-state index in [0.29, 0.717) is 6.04 Å². The Bertz CT molecular complexity index is 317. The molecule has 0 aliphatic heterocycles. The number of tetrazole rings is 1. The van der Waals surface area contributed by atoms with Crippen LogP contribution in [0, 0.1) is 5.92 Å². The Labute approximate surface area is 90.2 Å². The van der Waals surface area contributed by atoms with Crippen LogP contribution in [0.1, 0.15) is 51.0 Å². The topological polar surface area (TPSA) is 55.6 Å². The summed E-state index contributed by atoms with van der Waals surface area (Å²) in [6, 6.07) is 0.625. The molecule has 1 saturated carbocycles. The number of nitrogens with zero attached hydrogens (tertiary/aromatic N) is 4. The molecule has 0 amide bonds. The molecule has 5 nitrogen and oxygen atoms in total. The van der Waals surface area contributed by atoms with Gasteiger partial charge >= 0.3 is 0 Å². The third-order valence-corrected chi connectivity index (χ3v) is 3.13. The fraction of sp³-hybridized carbons (Fsp3) is 0.900. The number of aromatic nitrogens is 4. The summed E-state index contributed by atoms with van der Waals surface area (Å²) in [6.07, 6.45) is 3.96. The molecule has 2 rings (SSSR count). The van der Waals surface area contributed by atoms with Crippen molar-refractivity contribution in [2.45, 2.75) is 45.2 Å². The highest BCUT2D eigenvalue weighted by molar-refractivity contribution is 4.91. The average molecular weight is 209 g/mol. The van der Waals surface area contributed by atoms with E-state index in [1.165, 1.54) is 19.3 Å². The van der Waals surface area contributed by atoms with E-state index in [4.69, 9.17) is 0 Å². The van der Waals surface area contributed by atoms with Gasteiger partial charge in [-0.1, -0.05) is 12.8 Å². The molecule has 1 N–H and O–H groups in total. The molecule has 2 atom stereocenters. The summed E-state index contributed by atoms with van der Waals surface area (Å²) in [5.74, 6) is 1.84. The Morgan fingerprint density at radius 2 is 2.20 bits per heavy atom. The number of hydrogen-bond donors (Lipinski definition) is 1. The molecule has 5 heteroatoms. The van der Waals surface area contributed by atoms with Gasteiger partial charge in [0.05, 0.1) is 12.1 Å². The van der Waals surface area contributed by atoms with Crippen molar-refractivity contribution in [3.63, 3.8) is 0 Å². The fourth-order valence-corrected chi connectivity index (χ4v) is 1.86. The summed E-state index contributed by atoms with van der Waals surface area (Å²) in [5.41, 5.74) is 0. The van der Waals surface area contributed by atoms with E-state index in [-0.39, 0.29) is 6.04 Å². The Morgan fingerprint density at radius 3 is 2.80 bits per heavy atom. The molecular weight excluding hydrogens is 190 g/mol. The molecule has 1 aliphatic carbocycles. The summed E-state index contributed by atoms with van der Waals surface area (Å²) in [7, 11) is 1.93. The predicted molar refractivity (Wildman–Crippen MR) is 57.3 cm³/mol. The third kappa shape index (κ3) is 2.34. The van der Waals surface area contributed by atoms with Crippen molar-refractivity contribution in [1.82, 2.24) is 25.5 Å². The van der Waals surface area contributed by atoms with Crippen molar-refractivity contribution in [3.8, 4) is 0 Å². The van der Waals surface area contributed by atoms with Crippen LogP contribution in [-0.4, -0.2) is 27.3 Å². The average Bonchev–Trinajstić information content (AvgIpc) is 2.90. The molecule has 15 heavy (non-hydrogen) atoms. The van der Waals surface area contributed by atoms with Crippen molar-refractivity contribution >= 4 is 0 Å². The Kier molecular flexibility index (Phi) is 3.00. The predicted octanol–water partition coefficient (Wildman–Crippen LogP) is 1.31. The van der Waals surface area contributed by atoms with Crippen LogP contribution >= 0.6 is 0 Å². The van der Waals surface area contributed by atoms with Gasteiger partial charge in [-0.3, -0.25) is 0 Å². The smallest absolute Gasteiger partial charge is 0.168 e. The normalized spacial score (nSPS) is 20.2. The van der Waals surface area contributed by atoms with Gasteiger partial charge in [-0.25, -0.2) is 4.68 Å². The fourth-order valence-electron chi connectivity index (χ4n) is 1.86. The first-order valence-corrected chi connectivity index (χ1v) is 5.67. The van der Waals surface area contributed by atoms with E-state index in [1.54, 1.807) is 0 Å². The molecule has 1 aromatic rings. The molecule has 1 aliphatic rings. The van der Waals surface area contributed by atoms with Crippen molar-refractivity contribution in [2.75, 3.05) is 7.05 Å². The van der Waals surface area contributed by atoms with Crippen LogP contribution in [0.2, 0.25) is 0 Å². The van der Waals surface area contributed by atoms with E-state index in [1.807, 2.05) is 11.7 Å². The second kappa shape index (κ2) is 4.26. The van der Waals surface area contributed by atoms with Crippen LogP contribution in [0.3, 0.4) is 0 Å². The van der Waals surface area contributed by atoms with E-state index in [9.17, 15) is 0 Å². The SMILES string of the molecule is CNC(C)c1nnnn1C(C)CC1CC1. The molecule has 1 fully saturated rings. The van der Waals surface area contributed by atoms with Crippen LogP contribution < -0.4 is 5.32 Å². The van der Waals surface area contributed by atoms with E-state index in [2.05, 4.69) is 34.7 Å². The van der Waals surface area contributed by atoms with Gasteiger partial charge in [-0.05, 0) is 43.7 Å². The van der Waals surface area contributed by atoms with Crippen LogP contribution in [0.4, 0.5) is 0 Å². The van der Waals surface area contributed by atoms with Crippen molar-refractivity contribution in [3.05, 3.63) is 5.82 Å². The zero-order chi connectivity index (χ0) is 10.8. The Hall–Kier alpha value is -0.970. The number of rotatable bonds is 5. The molecule has 0 bridgehead atoms. The van der Waals surface area contributed by atoms with E-state index < -0.39 is 0 Å². The van der Waals surface area contributed by atoms with E-state index in [0.717, 1.165) is 11.7 Å². The quantitative estimate of drug-likeness (QED) is 0.794. The summed E-state index contributed by atoms with van der Waals surface area (Å²) in [5, 5.41) is 15.1. The van der Waals surface area contributed by atoms with Gasteiger partial charge in [-0.2, -0.15) is 0 Å². The zero-order valence-corrected chi connectivity index (χ0v) is 9.64. The molecule has 2 unspecified atom stereocenters. The standard InChI is InChI=1S/C10H19N5/c1-7(6-9-4-5-9)15-10(8(2)11-3)12-13-14-15/h7-9,11H,4-6H2,1-3H3. The number of hydrogen-bond acceptors (Lipinski definition) is 4. The van der Waals surface area contributed by atoms with Gasteiger partial charge in [0.2, 0.25) is 0 Å². The second-order valence-corrected chi connectivity index (χ2v) is 4.52. The summed E-state index contributed by atoms with van der Waals surface area (Å²) in [6.45, 7) is 4.27. The lowest BCUT2D eigenvalue weighted by molar-refractivity contribution is 0.398. The third-order valence-electron chi connectivity index (χ3n) is 3.13. The van der Waals surface area contributed by atoms with Crippen LogP contribution in [0.25, 0.3) is 0 Å². The van der Waals surface area contributed by atoms with Crippen LogP contribution in [-0.2, 0) is 0 Å². The summed E-state index contributed by atoms with van der Waals surface area (Å²) in [4.78, 5) is 0. The minimum atomic E-state index is 0.210. The molecule has 84 valence electrons. The molecule has 0 saturated heterocycles. The van der Waals surface area contributed by atoms with Gasteiger partial charge < -0.3 is 5.32 Å². The highest BCUT2D eigenvalue weighted by Crippen LogP contribution is 2.36. The first-order chi connectivity index (χ1) is 7.22. The van der Waals surface area contributed by atoms with Gasteiger partial charge in [0.15, 0.2) is 5.82 Å². The van der Waals surface area contributed by atoms with Gasteiger partial charge in [0.1, 0.15) is 0 Å². The van der Waals surface area contributed by atoms with Gasteiger partial charge in [-0.15, -0.1) is 5.10 Å². The summed E-state index contributed by atoms with van der Waals surface area (Å²) < 4.78 is 1.96. The van der Waals surface area contributed by atoms with Crippen molar-refractivity contribution in [2.24, 2.45) is 5.92 Å². The molecular formula is C10H19N5. The summed E-state index contributed by atoms with van der Waals surface area (Å²) >= 11 is 0. The molecule has 0 spiro atoms. The van der Waals surface area contributed by atoms with Crippen LogP contribution in [0.15, 0.2) is 0 Å². The highest BCUT2D eigenvalue weighted by atomic mass is 15.6. The number of nitrogens with one attached hydrogen (secondary N) is 1. The Morgan fingerprint density at radius 1 is 1.47 bits per heavy atom. The largest absolute Gasteiger partial charge is 0.311 e.